The molecule has 0 aliphatic carbocycles. The lowest BCUT2D eigenvalue weighted by molar-refractivity contribution is -0.385. The van der Waals surface area contributed by atoms with E-state index < -0.39 is 91.0 Å². The predicted molar refractivity (Wildman–Crippen MR) is 171 cm³/mol. The van der Waals surface area contributed by atoms with Crippen molar-refractivity contribution < 1.29 is 69.5 Å². The zero-order valence-electron chi connectivity index (χ0n) is 26.2. The fourth-order valence-corrected chi connectivity index (χ4v) is 4.66. The Balaban J connectivity index is 1.30. The summed E-state index contributed by atoms with van der Waals surface area (Å²) in [7, 11) is 0. The van der Waals surface area contributed by atoms with Gasteiger partial charge < -0.3 is 23.7 Å². The second kappa shape index (κ2) is 16.8. The summed E-state index contributed by atoms with van der Waals surface area (Å²) in [6.07, 6.45) is -9.35. The van der Waals surface area contributed by atoms with Crippen LogP contribution < -0.4 is 9.47 Å². The van der Waals surface area contributed by atoms with Crippen molar-refractivity contribution in [2.45, 2.75) is 12.4 Å². The van der Waals surface area contributed by atoms with Gasteiger partial charge in [0.1, 0.15) is 47.3 Å². The number of carbonyl (C=O) groups is 2. The topological polar surface area (TPSA) is 167 Å². The molecule has 13 nitrogen and oxygen atoms in total. The maximum Gasteiger partial charge on any atom is 0.416 e. The maximum absolute atomic E-state index is 12.9. The van der Waals surface area contributed by atoms with Crippen molar-refractivity contribution in [1.29, 1.82) is 0 Å². The van der Waals surface area contributed by atoms with Gasteiger partial charge in [-0.15, -0.1) is 0 Å². The first-order valence-electron chi connectivity index (χ1n) is 14.4. The zero-order chi connectivity index (χ0) is 39.1. The average molecular weight is 793 g/mol. The van der Waals surface area contributed by atoms with Crippen LogP contribution in [0.25, 0.3) is 0 Å². The second-order valence-electron chi connectivity index (χ2n) is 10.2. The molecule has 0 aliphatic heterocycles. The lowest BCUT2D eigenvalue weighted by atomic mass is 10.1. The van der Waals surface area contributed by atoms with Crippen LogP contribution in [-0.2, 0) is 26.6 Å². The van der Waals surface area contributed by atoms with E-state index in [2.05, 4.69) is 0 Å². The van der Waals surface area contributed by atoms with E-state index in [-0.39, 0.29) is 36.2 Å². The Kier molecular flexibility index (Phi) is 12.7. The van der Waals surface area contributed by atoms with E-state index in [0.29, 0.717) is 24.3 Å². The van der Waals surface area contributed by atoms with Gasteiger partial charge in [-0.05, 0) is 48.5 Å². The van der Waals surface area contributed by atoms with Crippen molar-refractivity contribution in [2.75, 3.05) is 26.4 Å². The van der Waals surface area contributed by atoms with Crippen molar-refractivity contribution in [1.82, 2.24) is 0 Å². The number of hydrogen-bond donors (Lipinski definition) is 0. The van der Waals surface area contributed by atoms with Gasteiger partial charge in [-0.25, -0.2) is 9.59 Å². The first kappa shape index (κ1) is 40.1. The molecular weight excluding hydrogens is 773 g/mol. The zero-order valence-corrected chi connectivity index (χ0v) is 27.7. The van der Waals surface area contributed by atoms with Crippen LogP contribution >= 0.6 is 23.2 Å². The van der Waals surface area contributed by atoms with Crippen LogP contribution in [0.1, 0.15) is 31.8 Å². The quantitative estimate of drug-likeness (QED) is 0.0392. The molecule has 0 saturated carbocycles. The highest BCUT2D eigenvalue weighted by molar-refractivity contribution is 6.32. The van der Waals surface area contributed by atoms with E-state index in [4.69, 9.17) is 46.9 Å². The molecule has 0 aliphatic rings. The summed E-state index contributed by atoms with van der Waals surface area (Å²) in [5.74, 6) is -3.24. The molecule has 0 amide bonds. The molecule has 0 unspecified atom stereocenters. The van der Waals surface area contributed by atoms with E-state index >= 15 is 0 Å². The van der Waals surface area contributed by atoms with Crippen molar-refractivity contribution >= 4 is 46.5 Å². The highest BCUT2D eigenvalue weighted by Gasteiger charge is 2.32. The number of nitro benzene ring substituents is 2. The van der Waals surface area contributed by atoms with E-state index in [1.54, 1.807) is 0 Å². The minimum atomic E-state index is -4.67. The number of ether oxygens (including phenoxy) is 5. The molecule has 280 valence electrons. The molecule has 0 N–H and O–H groups in total. The number of hydrogen-bond acceptors (Lipinski definition) is 11. The van der Waals surface area contributed by atoms with Crippen LogP contribution in [-0.4, -0.2) is 48.2 Å². The first-order chi connectivity index (χ1) is 24.8. The lowest BCUT2D eigenvalue weighted by Crippen LogP contribution is -2.16. The second-order valence-corrected chi connectivity index (χ2v) is 11.1. The number of nitrogens with zero attached hydrogens (tertiary/aromatic N) is 2. The van der Waals surface area contributed by atoms with Gasteiger partial charge in [0.15, 0.2) is 0 Å². The lowest BCUT2D eigenvalue weighted by Gasteiger charge is -2.12. The van der Waals surface area contributed by atoms with Crippen molar-refractivity contribution in [3.05, 3.63) is 125 Å². The van der Waals surface area contributed by atoms with Crippen molar-refractivity contribution in [3.63, 3.8) is 0 Å². The molecule has 4 rings (SSSR count). The Labute approximate surface area is 302 Å². The summed E-state index contributed by atoms with van der Waals surface area (Å²) >= 11 is 11.8. The van der Waals surface area contributed by atoms with E-state index in [9.17, 15) is 56.2 Å². The minimum absolute atomic E-state index is 0.192. The van der Waals surface area contributed by atoms with E-state index in [0.717, 1.165) is 48.5 Å². The van der Waals surface area contributed by atoms with Gasteiger partial charge >= 0.3 is 24.3 Å². The van der Waals surface area contributed by atoms with Crippen LogP contribution in [0.15, 0.2) is 72.8 Å². The molecule has 0 aromatic heterocycles. The minimum Gasteiger partial charge on any atom is -0.459 e. The molecule has 0 heterocycles. The van der Waals surface area contributed by atoms with Crippen LogP contribution in [0.4, 0.5) is 37.7 Å². The molecule has 21 heteroatoms. The Hall–Kier alpha value is -5.66. The molecule has 4 aromatic rings. The van der Waals surface area contributed by atoms with E-state index in [1.807, 2.05) is 0 Å². The number of nitro groups is 2. The summed E-state index contributed by atoms with van der Waals surface area (Å²) in [4.78, 5) is 46.5. The largest absolute Gasteiger partial charge is 0.459 e. The summed E-state index contributed by atoms with van der Waals surface area (Å²) in [5, 5.41) is 22.1. The summed E-state index contributed by atoms with van der Waals surface area (Å²) in [5.41, 5.74) is -4.60. The summed E-state index contributed by atoms with van der Waals surface area (Å²) < 4.78 is 104. The van der Waals surface area contributed by atoms with Crippen molar-refractivity contribution in [3.8, 4) is 23.0 Å². The molecule has 0 atom stereocenters. The number of rotatable bonds is 14. The third-order valence-corrected chi connectivity index (χ3v) is 7.26. The monoisotopic (exact) mass is 792 g/mol. The Morgan fingerprint density at radius 1 is 0.585 bits per heavy atom. The third-order valence-electron chi connectivity index (χ3n) is 6.66. The molecule has 0 radical (unpaired) electrons. The fourth-order valence-electron chi connectivity index (χ4n) is 4.22. The Bertz CT molecular complexity index is 1900. The van der Waals surface area contributed by atoms with Crippen LogP contribution in [0.2, 0.25) is 10.0 Å². The molecule has 0 bridgehead atoms. The van der Waals surface area contributed by atoms with Gasteiger partial charge in [-0.1, -0.05) is 23.2 Å². The molecular formula is C32H20Cl2F6N2O11. The van der Waals surface area contributed by atoms with Crippen LogP contribution in [0, 0.1) is 20.2 Å². The number of alkyl halides is 6. The Morgan fingerprint density at radius 2 is 0.962 bits per heavy atom. The van der Waals surface area contributed by atoms with Gasteiger partial charge in [0.05, 0.1) is 44.2 Å². The van der Waals surface area contributed by atoms with Crippen LogP contribution in [0.3, 0.4) is 0 Å². The Morgan fingerprint density at radius 3 is 1.28 bits per heavy atom. The SMILES string of the molecule is O=C(OCCOCCOC(=O)c1cc(Oc2ccc(C(F)(F)F)cc2Cl)ccc1[N+](=O)[O-])c1cc(Oc2ccc(C(F)(F)F)cc2Cl)ccc1[N+](=O)[O-]. The number of benzene rings is 4. The predicted octanol–water partition coefficient (Wildman–Crippen LogP) is 9.46. The van der Waals surface area contributed by atoms with Gasteiger partial charge in [0.2, 0.25) is 0 Å². The molecule has 0 spiro atoms. The molecule has 53 heavy (non-hydrogen) atoms. The highest BCUT2D eigenvalue weighted by Crippen LogP contribution is 2.39. The molecule has 0 fully saturated rings. The summed E-state index contributed by atoms with van der Waals surface area (Å²) in [6, 6.07) is 10.3. The fraction of sp³-hybridized carbons (Fsp3) is 0.188. The average Bonchev–Trinajstić information content (AvgIpc) is 3.08. The first-order valence-corrected chi connectivity index (χ1v) is 15.2. The maximum atomic E-state index is 12.9. The number of esters is 2. The van der Waals surface area contributed by atoms with Crippen molar-refractivity contribution in [2.24, 2.45) is 0 Å². The normalized spacial score (nSPS) is 11.5. The molecule has 4 aromatic carbocycles. The summed E-state index contributed by atoms with van der Waals surface area (Å²) in [6.45, 7) is -1.55. The van der Waals surface area contributed by atoms with Gasteiger partial charge in [-0.3, -0.25) is 20.2 Å². The van der Waals surface area contributed by atoms with Crippen LogP contribution in [0.5, 0.6) is 23.0 Å². The van der Waals surface area contributed by atoms with E-state index in [1.165, 1.54) is 0 Å². The van der Waals surface area contributed by atoms with Gasteiger partial charge in [0.25, 0.3) is 11.4 Å². The third kappa shape index (κ3) is 10.7. The molecule has 0 saturated heterocycles. The highest BCUT2D eigenvalue weighted by atomic mass is 35.5. The number of halogens is 8. The number of carbonyl (C=O) groups excluding carboxylic acids is 2. The smallest absolute Gasteiger partial charge is 0.416 e. The van der Waals surface area contributed by atoms with Gasteiger partial charge in [0, 0.05) is 24.3 Å². The van der Waals surface area contributed by atoms with Gasteiger partial charge in [-0.2, -0.15) is 26.3 Å². The standard InChI is InChI=1S/C32H20Cl2F6N2O11/c33-23-13-17(31(35,36)37)1-7-27(23)52-19-3-5-25(41(45)46)21(15-19)29(43)50-11-9-49-10-12-51-30(44)22-16-20(4-6-26(22)42(47)48)53-28-8-2-18(14-24(28)34)32(38,39)40/h1-8,13-16H,9-12H2.